The Labute approximate surface area is 147 Å². The first-order chi connectivity index (χ1) is 10.8. The van der Waals surface area contributed by atoms with Crippen LogP contribution < -0.4 is 5.73 Å². The summed E-state index contributed by atoms with van der Waals surface area (Å²) in [6, 6.07) is 7.79. The Balaban J connectivity index is 0.00000156. The van der Waals surface area contributed by atoms with Crippen molar-refractivity contribution in [3.63, 3.8) is 0 Å². The Bertz CT molecular complexity index is 810. The molecule has 8 heteroatoms. The SMILES string of the molecule is Cl.NCc1ccc(-c2noc(-c3n[nH]c(C4CC4)c3Br)n2)cc1. The number of aromatic nitrogens is 4. The molecule has 1 fully saturated rings. The quantitative estimate of drug-likeness (QED) is 0.702. The molecule has 3 aromatic rings. The summed E-state index contributed by atoms with van der Waals surface area (Å²) < 4.78 is 6.28. The second-order valence-electron chi connectivity index (χ2n) is 5.40. The van der Waals surface area contributed by atoms with Crippen molar-refractivity contribution >= 4 is 28.3 Å². The molecular formula is C15H15BrClN5O. The van der Waals surface area contributed by atoms with E-state index in [4.69, 9.17) is 10.3 Å². The molecule has 0 spiro atoms. The zero-order valence-electron chi connectivity index (χ0n) is 12.1. The molecular weight excluding hydrogens is 382 g/mol. The highest BCUT2D eigenvalue weighted by atomic mass is 79.9. The molecule has 0 saturated heterocycles. The van der Waals surface area contributed by atoms with Gasteiger partial charge in [0.15, 0.2) is 5.69 Å². The lowest BCUT2D eigenvalue weighted by Crippen LogP contribution is -1.95. The van der Waals surface area contributed by atoms with Gasteiger partial charge in [0.2, 0.25) is 5.82 Å². The smallest absolute Gasteiger partial charge is 0.279 e. The molecule has 4 rings (SSSR count). The van der Waals surface area contributed by atoms with Gasteiger partial charge in [-0.1, -0.05) is 29.4 Å². The van der Waals surface area contributed by atoms with Gasteiger partial charge in [-0.2, -0.15) is 10.1 Å². The third-order valence-electron chi connectivity index (χ3n) is 3.79. The second kappa shape index (κ2) is 6.43. The van der Waals surface area contributed by atoms with Crippen LogP contribution in [0.2, 0.25) is 0 Å². The first-order valence-electron chi connectivity index (χ1n) is 7.13. The van der Waals surface area contributed by atoms with Crippen molar-refractivity contribution in [2.75, 3.05) is 0 Å². The Morgan fingerprint density at radius 1 is 1.26 bits per heavy atom. The maximum absolute atomic E-state index is 5.60. The van der Waals surface area contributed by atoms with Crippen molar-refractivity contribution in [1.29, 1.82) is 0 Å². The van der Waals surface area contributed by atoms with Gasteiger partial charge >= 0.3 is 0 Å². The molecule has 120 valence electrons. The highest BCUT2D eigenvalue weighted by molar-refractivity contribution is 9.10. The van der Waals surface area contributed by atoms with Crippen LogP contribution in [0.5, 0.6) is 0 Å². The lowest BCUT2D eigenvalue weighted by molar-refractivity contribution is 0.430. The Morgan fingerprint density at radius 2 is 2.00 bits per heavy atom. The van der Waals surface area contributed by atoms with Gasteiger partial charge in [-0.05, 0) is 34.3 Å². The van der Waals surface area contributed by atoms with Gasteiger partial charge in [0.1, 0.15) is 0 Å². The summed E-state index contributed by atoms with van der Waals surface area (Å²) in [5.74, 6) is 1.52. The molecule has 0 unspecified atom stereocenters. The van der Waals surface area contributed by atoms with Crippen LogP contribution >= 0.6 is 28.3 Å². The van der Waals surface area contributed by atoms with E-state index in [1.54, 1.807) is 0 Å². The van der Waals surface area contributed by atoms with E-state index in [-0.39, 0.29) is 12.4 Å². The van der Waals surface area contributed by atoms with Gasteiger partial charge in [0.05, 0.1) is 10.2 Å². The van der Waals surface area contributed by atoms with E-state index in [1.807, 2.05) is 24.3 Å². The van der Waals surface area contributed by atoms with E-state index in [1.165, 1.54) is 12.8 Å². The van der Waals surface area contributed by atoms with Crippen molar-refractivity contribution in [2.24, 2.45) is 5.73 Å². The van der Waals surface area contributed by atoms with Crippen LogP contribution in [0, 0.1) is 0 Å². The molecule has 2 heterocycles. The van der Waals surface area contributed by atoms with Crippen LogP contribution in [0.3, 0.4) is 0 Å². The predicted molar refractivity (Wildman–Crippen MR) is 92.1 cm³/mol. The predicted octanol–water partition coefficient (Wildman–Crippen LogP) is 3.65. The third kappa shape index (κ3) is 3.04. The van der Waals surface area contributed by atoms with E-state index < -0.39 is 0 Å². The number of H-pyrrole nitrogens is 1. The lowest BCUT2D eigenvalue weighted by atomic mass is 10.1. The largest absolute Gasteiger partial charge is 0.332 e. The zero-order valence-corrected chi connectivity index (χ0v) is 14.5. The number of hydrogen-bond donors (Lipinski definition) is 2. The summed E-state index contributed by atoms with van der Waals surface area (Å²) in [5.41, 5.74) is 9.34. The molecule has 1 aliphatic carbocycles. The Morgan fingerprint density at radius 3 is 2.65 bits per heavy atom. The number of aromatic amines is 1. The van der Waals surface area contributed by atoms with Gasteiger partial charge in [0.25, 0.3) is 5.89 Å². The molecule has 6 nitrogen and oxygen atoms in total. The maximum atomic E-state index is 5.60. The molecule has 0 aliphatic heterocycles. The summed E-state index contributed by atoms with van der Waals surface area (Å²) in [6.45, 7) is 0.516. The van der Waals surface area contributed by atoms with Crippen molar-refractivity contribution in [1.82, 2.24) is 20.3 Å². The third-order valence-corrected chi connectivity index (χ3v) is 4.60. The number of halogens is 2. The molecule has 1 aromatic carbocycles. The average molecular weight is 397 g/mol. The second-order valence-corrected chi connectivity index (χ2v) is 6.19. The van der Waals surface area contributed by atoms with Crippen LogP contribution in [0.15, 0.2) is 33.3 Å². The van der Waals surface area contributed by atoms with Crippen LogP contribution in [-0.2, 0) is 6.54 Å². The molecule has 3 N–H and O–H groups in total. The fourth-order valence-electron chi connectivity index (χ4n) is 2.35. The minimum atomic E-state index is 0. The number of nitrogens with two attached hydrogens (primary N) is 1. The fourth-order valence-corrected chi connectivity index (χ4v) is 3.02. The van der Waals surface area contributed by atoms with Crippen LogP contribution in [-0.4, -0.2) is 20.3 Å². The number of hydrogen-bond acceptors (Lipinski definition) is 5. The van der Waals surface area contributed by atoms with Gasteiger partial charge in [0, 0.05) is 18.0 Å². The minimum Gasteiger partial charge on any atom is -0.332 e. The number of nitrogens with one attached hydrogen (secondary N) is 1. The standard InChI is InChI=1S/C15H14BrN5O.ClH/c16-11-12(9-5-6-9)19-20-13(11)15-18-14(21-22-15)10-3-1-8(7-17)2-4-10;/h1-4,9H,5-7,17H2,(H,19,20);1H. The van der Waals surface area contributed by atoms with Gasteiger partial charge in [-0.3, -0.25) is 5.10 Å². The highest BCUT2D eigenvalue weighted by Gasteiger charge is 2.30. The summed E-state index contributed by atoms with van der Waals surface area (Å²) in [5, 5.41) is 11.4. The Hall–Kier alpha value is -1.70. The summed E-state index contributed by atoms with van der Waals surface area (Å²) in [4.78, 5) is 4.44. The zero-order chi connectivity index (χ0) is 15.1. The molecule has 2 aromatic heterocycles. The first-order valence-corrected chi connectivity index (χ1v) is 7.93. The maximum Gasteiger partial charge on any atom is 0.279 e. The number of benzene rings is 1. The lowest BCUT2D eigenvalue weighted by Gasteiger charge is -1.97. The normalized spacial score (nSPS) is 13.8. The number of nitrogens with zero attached hydrogens (tertiary/aromatic N) is 3. The molecule has 0 radical (unpaired) electrons. The molecule has 1 saturated carbocycles. The van der Waals surface area contributed by atoms with Gasteiger partial charge in [-0.25, -0.2) is 0 Å². The van der Waals surface area contributed by atoms with Crippen molar-refractivity contribution in [3.05, 3.63) is 40.0 Å². The highest BCUT2D eigenvalue weighted by Crippen LogP contribution is 2.44. The molecule has 1 aliphatic rings. The monoisotopic (exact) mass is 395 g/mol. The Kier molecular flexibility index (Phi) is 4.52. The summed E-state index contributed by atoms with van der Waals surface area (Å²) in [6.07, 6.45) is 2.39. The van der Waals surface area contributed by atoms with Crippen molar-refractivity contribution in [3.8, 4) is 23.0 Å². The van der Waals surface area contributed by atoms with E-state index in [0.29, 0.717) is 29.9 Å². The van der Waals surface area contributed by atoms with Crippen LogP contribution in [0.1, 0.15) is 30.0 Å². The molecule has 0 atom stereocenters. The first kappa shape index (κ1) is 16.2. The number of rotatable bonds is 4. The summed E-state index contributed by atoms with van der Waals surface area (Å²) >= 11 is 3.58. The van der Waals surface area contributed by atoms with E-state index >= 15 is 0 Å². The van der Waals surface area contributed by atoms with Crippen molar-refractivity contribution < 1.29 is 4.52 Å². The fraction of sp³-hybridized carbons (Fsp3) is 0.267. The van der Waals surface area contributed by atoms with Crippen LogP contribution in [0.4, 0.5) is 0 Å². The van der Waals surface area contributed by atoms with E-state index in [9.17, 15) is 0 Å². The molecule has 0 bridgehead atoms. The van der Waals surface area contributed by atoms with Crippen molar-refractivity contribution in [2.45, 2.75) is 25.3 Å². The average Bonchev–Trinajstić information content (AvgIpc) is 3.15. The minimum absolute atomic E-state index is 0. The van der Waals surface area contributed by atoms with E-state index in [0.717, 1.165) is 21.3 Å². The molecule has 23 heavy (non-hydrogen) atoms. The summed E-state index contributed by atoms with van der Waals surface area (Å²) in [7, 11) is 0. The van der Waals surface area contributed by atoms with Gasteiger partial charge in [-0.15, -0.1) is 12.4 Å². The topological polar surface area (TPSA) is 93.6 Å². The van der Waals surface area contributed by atoms with Crippen LogP contribution in [0.25, 0.3) is 23.0 Å². The van der Waals surface area contributed by atoms with E-state index in [2.05, 4.69) is 36.3 Å². The molecule has 0 amide bonds. The van der Waals surface area contributed by atoms with Gasteiger partial charge < -0.3 is 10.3 Å².